The molecule has 1 amide bonds. The minimum absolute atomic E-state index is 0.153. The molecule has 0 fully saturated rings. The summed E-state index contributed by atoms with van der Waals surface area (Å²) in [7, 11) is 0. The van der Waals surface area contributed by atoms with Crippen LogP contribution in [0.25, 0.3) is 10.6 Å². The Hall–Kier alpha value is -1.89. The van der Waals surface area contributed by atoms with Crippen LogP contribution in [0, 0.1) is 6.92 Å². The molecule has 3 nitrogen and oxygen atoms in total. The lowest BCUT2D eigenvalue weighted by atomic mass is 10.1. The molecule has 7 heteroatoms. The van der Waals surface area contributed by atoms with Crippen LogP contribution in [0.1, 0.15) is 20.9 Å². The predicted octanol–water partition coefficient (Wildman–Crippen LogP) is 3.24. The number of rotatable bonds is 2. The van der Waals surface area contributed by atoms with Crippen LogP contribution in [0.3, 0.4) is 0 Å². The van der Waals surface area contributed by atoms with Gasteiger partial charge in [0, 0.05) is 10.4 Å². The number of halogens is 3. The first-order valence-corrected chi connectivity index (χ1v) is 6.05. The number of primary amides is 1. The molecule has 0 atom stereocenters. The number of carbonyl (C=O) groups is 1. The summed E-state index contributed by atoms with van der Waals surface area (Å²) in [6.07, 6.45) is -4.37. The van der Waals surface area contributed by atoms with Crippen molar-refractivity contribution in [2.75, 3.05) is 0 Å². The number of amides is 1. The van der Waals surface area contributed by atoms with Crippen molar-refractivity contribution < 1.29 is 18.0 Å². The lowest BCUT2D eigenvalue weighted by molar-refractivity contribution is -0.137. The molecule has 0 aliphatic rings. The van der Waals surface area contributed by atoms with Crippen LogP contribution >= 0.6 is 11.3 Å². The van der Waals surface area contributed by atoms with E-state index in [0.717, 1.165) is 12.1 Å². The number of carbonyl (C=O) groups excluding carboxylic acids is 1. The van der Waals surface area contributed by atoms with Gasteiger partial charge in [-0.3, -0.25) is 4.79 Å². The van der Waals surface area contributed by atoms with Crippen LogP contribution in [0.2, 0.25) is 0 Å². The molecular weight excluding hydrogens is 277 g/mol. The fourth-order valence-electron chi connectivity index (χ4n) is 1.55. The Bertz CT molecular complexity index is 617. The van der Waals surface area contributed by atoms with Gasteiger partial charge in [0.1, 0.15) is 10.7 Å². The standard InChI is InChI=1S/C12H9F3N2OS/c1-6-9(10(16)18)17-11(19-6)7-2-4-8(5-3-7)12(13,14)15/h2-5H,1H3,(H2,16,18). The highest BCUT2D eigenvalue weighted by Gasteiger charge is 2.30. The van der Waals surface area contributed by atoms with E-state index >= 15 is 0 Å². The Morgan fingerprint density at radius 2 is 1.84 bits per heavy atom. The molecule has 0 unspecified atom stereocenters. The van der Waals surface area contributed by atoms with Crippen LogP contribution in [-0.2, 0) is 6.18 Å². The number of benzene rings is 1. The minimum Gasteiger partial charge on any atom is -0.364 e. The van der Waals surface area contributed by atoms with Gasteiger partial charge in [0.05, 0.1) is 5.56 Å². The summed E-state index contributed by atoms with van der Waals surface area (Å²) in [6.45, 7) is 1.69. The first kappa shape index (κ1) is 13.5. The maximum Gasteiger partial charge on any atom is 0.416 e. The zero-order valence-electron chi connectivity index (χ0n) is 9.78. The predicted molar refractivity (Wildman–Crippen MR) is 65.8 cm³/mol. The minimum atomic E-state index is -4.37. The van der Waals surface area contributed by atoms with Crippen molar-refractivity contribution in [2.24, 2.45) is 5.73 Å². The Labute approximate surface area is 110 Å². The van der Waals surface area contributed by atoms with Crippen molar-refractivity contribution >= 4 is 17.2 Å². The number of nitrogens with two attached hydrogens (primary N) is 1. The van der Waals surface area contributed by atoms with E-state index in [0.29, 0.717) is 15.4 Å². The van der Waals surface area contributed by atoms with E-state index in [1.165, 1.54) is 23.5 Å². The third kappa shape index (κ3) is 2.76. The second-order valence-corrected chi connectivity index (χ2v) is 5.07. The number of hydrogen-bond donors (Lipinski definition) is 1. The van der Waals surface area contributed by atoms with Gasteiger partial charge in [0.15, 0.2) is 0 Å². The van der Waals surface area contributed by atoms with Crippen LogP contribution in [0.4, 0.5) is 13.2 Å². The Balaban J connectivity index is 2.38. The fourth-order valence-corrected chi connectivity index (χ4v) is 2.47. The third-order valence-electron chi connectivity index (χ3n) is 2.49. The normalized spacial score (nSPS) is 11.6. The number of aryl methyl sites for hydroxylation is 1. The summed E-state index contributed by atoms with van der Waals surface area (Å²) >= 11 is 1.22. The van der Waals surface area contributed by atoms with E-state index in [1.807, 2.05) is 0 Å². The van der Waals surface area contributed by atoms with Crippen molar-refractivity contribution in [3.8, 4) is 10.6 Å². The van der Waals surface area contributed by atoms with Gasteiger partial charge in [0.25, 0.3) is 5.91 Å². The molecule has 100 valence electrons. The first-order valence-electron chi connectivity index (χ1n) is 5.24. The SMILES string of the molecule is Cc1sc(-c2ccc(C(F)(F)F)cc2)nc1C(N)=O. The molecule has 1 aromatic carbocycles. The van der Waals surface area contributed by atoms with Gasteiger partial charge in [-0.25, -0.2) is 4.98 Å². The summed E-state index contributed by atoms with van der Waals surface area (Å²) < 4.78 is 37.3. The second kappa shape index (κ2) is 4.65. The highest BCUT2D eigenvalue weighted by Crippen LogP contribution is 2.32. The lowest BCUT2D eigenvalue weighted by Crippen LogP contribution is -2.12. The van der Waals surface area contributed by atoms with Gasteiger partial charge < -0.3 is 5.73 Å². The zero-order valence-corrected chi connectivity index (χ0v) is 10.6. The summed E-state index contributed by atoms with van der Waals surface area (Å²) in [4.78, 5) is 15.7. The summed E-state index contributed by atoms with van der Waals surface area (Å²) in [5.41, 5.74) is 5.10. The van der Waals surface area contributed by atoms with Crippen LogP contribution in [0.5, 0.6) is 0 Å². The molecule has 1 heterocycles. The van der Waals surface area contributed by atoms with Crippen LogP contribution in [-0.4, -0.2) is 10.9 Å². The quantitative estimate of drug-likeness (QED) is 0.921. The molecule has 0 radical (unpaired) electrons. The van der Waals surface area contributed by atoms with E-state index in [2.05, 4.69) is 4.98 Å². The molecule has 19 heavy (non-hydrogen) atoms. The van der Waals surface area contributed by atoms with E-state index in [1.54, 1.807) is 6.92 Å². The molecule has 0 aliphatic heterocycles. The van der Waals surface area contributed by atoms with Crippen molar-refractivity contribution in [1.29, 1.82) is 0 Å². The molecule has 0 saturated carbocycles. The summed E-state index contributed by atoms with van der Waals surface area (Å²) in [5.74, 6) is -0.646. The van der Waals surface area contributed by atoms with Crippen LogP contribution < -0.4 is 5.73 Å². The molecule has 0 aliphatic carbocycles. The molecule has 2 N–H and O–H groups in total. The zero-order chi connectivity index (χ0) is 14.2. The summed E-state index contributed by atoms with van der Waals surface area (Å²) in [5, 5.41) is 0.472. The smallest absolute Gasteiger partial charge is 0.364 e. The van der Waals surface area contributed by atoms with E-state index in [4.69, 9.17) is 5.73 Å². The number of aromatic nitrogens is 1. The number of alkyl halides is 3. The summed E-state index contributed by atoms with van der Waals surface area (Å²) in [6, 6.07) is 4.61. The maximum atomic E-state index is 12.4. The number of nitrogens with zero attached hydrogens (tertiary/aromatic N) is 1. The average molecular weight is 286 g/mol. The Morgan fingerprint density at radius 3 is 2.26 bits per heavy atom. The molecule has 0 spiro atoms. The number of thiazole rings is 1. The second-order valence-electron chi connectivity index (χ2n) is 3.86. The Kier molecular flexibility index (Phi) is 3.32. The van der Waals surface area contributed by atoms with Gasteiger partial charge in [-0.1, -0.05) is 12.1 Å². The van der Waals surface area contributed by atoms with Gasteiger partial charge in [-0.05, 0) is 19.1 Å². The van der Waals surface area contributed by atoms with Gasteiger partial charge >= 0.3 is 6.18 Å². The van der Waals surface area contributed by atoms with E-state index in [9.17, 15) is 18.0 Å². The molecule has 2 rings (SSSR count). The third-order valence-corrected chi connectivity index (χ3v) is 3.51. The highest BCUT2D eigenvalue weighted by atomic mass is 32.1. The van der Waals surface area contributed by atoms with Crippen LogP contribution in [0.15, 0.2) is 24.3 Å². The monoisotopic (exact) mass is 286 g/mol. The molecule has 2 aromatic rings. The Morgan fingerprint density at radius 1 is 1.26 bits per heavy atom. The number of hydrogen-bond acceptors (Lipinski definition) is 3. The van der Waals surface area contributed by atoms with Gasteiger partial charge in [-0.15, -0.1) is 11.3 Å². The highest BCUT2D eigenvalue weighted by molar-refractivity contribution is 7.15. The average Bonchev–Trinajstić information content (AvgIpc) is 2.70. The topological polar surface area (TPSA) is 56.0 Å². The van der Waals surface area contributed by atoms with Gasteiger partial charge in [0.2, 0.25) is 0 Å². The van der Waals surface area contributed by atoms with E-state index in [-0.39, 0.29) is 5.69 Å². The van der Waals surface area contributed by atoms with Crippen molar-refractivity contribution in [3.63, 3.8) is 0 Å². The van der Waals surface area contributed by atoms with Gasteiger partial charge in [-0.2, -0.15) is 13.2 Å². The lowest BCUT2D eigenvalue weighted by Gasteiger charge is -2.06. The van der Waals surface area contributed by atoms with Crippen molar-refractivity contribution in [2.45, 2.75) is 13.1 Å². The molecule has 0 saturated heterocycles. The maximum absolute atomic E-state index is 12.4. The van der Waals surface area contributed by atoms with E-state index < -0.39 is 17.6 Å². The van der Waals surface area contributed by atoms with Crippen molar-refractivity contribution in [1.82, 2.24) is 4.98 Å². The van der Waals surface area contributed by atoms with Crippen molar-refractivity contribution in [3.05, 3.63) is 40.4 Å². The molecular formula is C12H9F3N2OS. The molecule has 0 bridgehead atoms. The fraction of sp³-hybridized carbons (Fsp3) is 0.167. The molecule has 1 aromatic heterocycles. The first-order chi connectivity index (χ1) is 8.79. The largest absolute Gasteiger partial charge is 0.416 e.